The summed E-state index contributed by atoms with van der Waals surface area (Å²) in [6, 6.07) is 19.4. The van der Waals surface area contributed by atoms with Gasteiger partial charge in [0.2, 0.25) is 5.91 Å². The molecule has 192 valence electrons. The highest BCUT2D eigenvalue weighted by Gasteiger charge is 2.49. The minimum atomic E-state index is -1.10. The fourth-order valence-corrected chi connectivity index (χ4v) is 5.20. The van der Waals surface area contributed by atoms with E-state index in [0.717, 1.165) is 33.2 Å². The summed E-state index contributed by atoms with van der Waals surface area (Å²) >= 11 is 0. The quantitative estimate of drug-likeness (QED) is 0.508. The number of amides is 4. The molecular weight excluding hydrogens is 466 g/mol. The summed E-state index contributed by atoms with van der Waals surface area (Å²) in [5.74, 6) is -0.283. The number of anilines is 1. The molecule has 3 aromatic rings. The lowest BCUT2D eigenvalue weighted by atomic mass is 9.90. The van der Waals surface area contributed by atoms with Crippen molar-refractivity contribution < 1.29 is 14.4 Å². The number of rotatable bonds is 6. The maximum absolute atomic E-state index is 13.4. The number of fused-ring (bicyclic) bond motifs is 1. The lowest BCUT2D eigenvalue weighted by molar-refractivity contribution is -0.132. The van der Waals surface area contributed by atoms with Gasteiger partial charge in [0.05, 0.1) is 13.2 Å². The lowest BCUT2D eigenvalue weighted by Gasteiger charge is -2.35. The van der Waals surface area contributed by atoms with E-state index in [-0.39, 0.29) is 24.5 Å². The molecule has 0 aromatic heterocycles. The molecule has 0 spiro atoms. The minimum Gasteiger partial charge on any atom is -0.324 e. The van der Waals surface area contributed by atoms with E-state index >= 15 is 0 Å². The first-order valence-corrected chi connectivity index (χ1v) is 12.7. The van der Waals surface area contributed by atoms with Crippen LogP contribution in [0, 0.1) is 13.8 Å². The Balaban J connectivity index is 1.17. The normalized spacial score (nSPS) is 20.9. The van der Waals surface area contributed by atoms with E-state index in [2.05, 4.69) is 20.4 Å². The van der Waals surface area contributed by atoms with Crippen LogP contribution in [0.2, 0.25) is 0 Å². The second-order valence-corrected chi connectivity index (χ2v) is 10.2. The first-order chi connectivity index (χ1) is 17.7. The Bertz CT molecular complexity index is 1340. The molecule has 2 heterocycles. The van der Waals surface area contributed by atoms with Crippen LogP contribution in [0.15, 0.2) is 60.7 Å². The van der Waals surface area contributed by atoms with Crippen LogP contribution in [0.1, 0.15) is 23.6 Å². The molecule has 4 amide bonds. The number of nitrogens with one attached hydrogen (secondary N) is 2. The molecule has 0 bridgehead atoms. The van der Waals surface area contributed by atoms with Crippen molar-refractivity contribution in [2.45, 2.75) is 26.3 Å². The number of hydrogen-bond donors (Lipinski definition) is 2. The molecule has 0 aliphatic carbocycles. The molecule has 1 atom stereocenters. The molecule has 5 rings (SSSR count). The molecule has 8 heteroatoms. The van der Waals surface area contributed by atoms with E-state index in [4.69, 9.17) is 0 Å². The van der Waals surface area contributed by atoms with Crippen molar-refractivity contribution in [2.75, 3.05) is 44.7 Å². The molecule has 2 saturated heterocycles. The van der Waals surface area contributed by atoms with Gasteiger partial charge >= 0.3 is 6.03 Å². The monoisotopic (exact) mass is 499 g/mol. The standard InChI is InChI=1S/C29H33N5O3/c1-20-7-6-8-21(2)26(20)30-25(35)18-32-13-15-33(16-14-32)19-34-27(36)29(3,31-28(34)37)24-12-11-22-9-4-5-10-23(22)17-24/h4-12,17H,13-16,18-19H2,1-3H3,(H,30,35)(H,31,37)/t29-/m1/s1. The second kappa shape index (κ2) is 9.95. The first-order valence-electron chi connectivity index (χ1n) is 12.7. The molecule has 8 nitrogen and oxygen atoms in total. The number of hydrogen-bond acceptors (Lipinski definition) is 5. The highest BCUT2D eigenvalue weighted by atomic mass is 16.2. The van der Waals surface area contributed by atoms with Gasteiger partial charge in [-0.1, -0.05) is 54.6 Å². The molecule has 0 saturated carbocycles. The maximum Gasteiger partial charge on any atom is 0.326 e. The Labute approximate surface area is 217 Å². The topological polar surface area (TPSA) is 85.0 Å². The summed E-state index contributed by atoms with van der Waals surface area (Å²) in [4.78, 5) is 44.4. The Kier molecular flexibility index (Phi) is 6.70. The lowest BCUT2D eigenvalue weighted by Crippen LogP contribution is -2.52. The SMILES string of the molecule is Cc1cccc(C)c1NC(=O)CN1CCN(CN2C(=O)N[C@](C)(c3ccc4ccccc4c3)C2=O)CC1. The third-order valence-electron chi connectivity index (χ3n) is 7.52. The van der Waals surface area contributed by atoms with Crippen molar-refractivity contribution in [3.05, 3.63) is 77.4 Å². The average molecular weight is 500 g/mol. The maximum atomic E-state index is 13.4. The van der Waals surface area contributed by atoms with Crippen LogP contribution in [0.5, 0.6) is 0 Å². The predicted octanol–water partition coefficient (Wildman–Crippen LogP) is 3.44. The Morgan fingerprint density at radius 3 is 2.24 bits per heavy atom. The molecule has 2 fully saturated rings. The van der Waals surface area contributed by atoms with Crippen molar-refractivity contribution in [3.63, 3.8) is 0 Å². The fraction of sp³-hybridized carbons (Fsp3) is 0.345. The van der Waals surface area contributed by atoms with Crippen LogP contribution in [0.25, 0.3) is 10.8 Å². The number of nitrogens with zero attached hydrogens (tertiary/aromatic N) is 3. The summed E-state index contributed by atoms with van der Waals surface area (Å²) in [6.07, 6.45) is 0. The number of carbonyl (C=O) groups excluding carboxylic acids is 3. The van der Waals surface area contributed by atoms with E-state index in [1.54, 1.807) is 6.92 Å². The highest BCUT2D eigenvalue weighted by molar-refractivity contribution is 6.07. The van der Waals surface area contributed by atoms with Gasteiger partial charge in [-0.25, -0.2) is 9.69 Å². The number of aryl methyl sites for hydroxylation is 2. The zero-order valence-electron chi connectivity index (χ0n) is 21.6. The van der Waals surface area contributed by atoms with Crippen molar-refractivity contribution in [2.24, 2.45) is 0 Å². The van der Waals surface area contributed by atoms with Gasteiger partial charge in [-0.05, 0) is 54.3 Å². The number of carbonyl (C=O) groups is 3. The fourth-order valence-electron chi connectivity index (χ4n) is 5.20. The zero-order chi connectivity index (χ0) is 26.2. The molecule has 2 aliphatic heterocycles. The van der Waals surface area contributed by atoms with E-state index in [1.807, 2.05) is 74.5 Å². The minimum absolute atomic E-state index is 0.0360. The molecule has 2 N–H and O–H groups in total. The van der Waals surface area contributed by atoms with Gasteiger partial charge in [0.15, 0.2) is 0 Å². The molecule has 0 unspecified atom stereocenters. The summed E-state index contributed by atoms with van der Waals surface area (Å²) < 4.78 is 0. The Hall–Kier alpha value is -3.75. The molecule has 37 heavy (non-hydrogen) atoms. The third-order valence-corrected chi connectivity index (χ3v) is 7.52. The van der Waals surface area contributed by atoms with Gasteiger partial charge in [0.1, 0.15) is 5.54 Å². The largest absolute Gasteiger partial charge is 0.326 e. The van der Waals surface area contributed by atoms with Crippen LogP contribution in [-0.4, -0.2) is 71.9 Å². The average Bonchev–Trinajstić information content (AvgIpc) is 3.11. The van der Waals surface area contributed by atoms with Crippen molar-refractivity contribution >= 4 is 34.3 Å². The van der Waals surface area contributed by atoms with E-state index in [0.29, 0.717) is 32.7 Å². The molecule has 0 radical (unpaired) electrons. The zero-order valence-corrected chi connectivity index (χ0v) is 21.6. The van der Waals surface area contributed by atoms with Crippen molar-refractivity contribution in [1.29, 1.82) is 0 Å². The van der Waals surface area contributed by atoms with E-state index in [9.17, 15) is 14.4 Å². The van der Waals surface area contributed by atoms with Crippen LogP contribution >= 0.6 is 0 Å². The smallest absolute Gasteiger partial charge is 0.324 e. The molecule has 3 aromatic carbocycles. The molecule has 2 aliphatic rings. The second-order valence-electron chi connectivity index (χ2n) is 10.2. The van der Waals surface area contributed by atoms with Crippen LogP contribution < -0.4 is 10.6 Å². The number of para-hydroxylation sites is 1. The van der Waals surface area contributed by atoms with Gasteiger partial charge in [0, 0.05) is 31.9 Å². The number of imide groups is 1. The van der Waals surface area contributed by atoms with Gasteiger partial charge in [-0.2, -0.15) is 0 Å². The third kappa shape index (κ3) is 4.95. The number of piperazine rings is 1. The molecular formula is C29H33N5O3. The number of benzene rings is 3. The van der Waals surface area contributed by atoms with Crippen LogP contribution in [-0.2, 0) is 15.1 Å². The van der Waals surface area contributed by atoms with Crippen LogP contribution in [0.4, 0.5) is 10.5 Å². The number of urea groups is 1. The highest BCUT2D eigenvalue weighted by Crippen LogP contribution is 2.31. The van der Waals surface area contributed by atoms with Gasteiger partial charge in [-0.3, -0.25) is 19.4 Å². The Morgan fingerprint density at radius 2 is 1.54 bits per heavy atom. The first kappa shape index (κ1) is 24.9. The summed E-state index contributed by atoms with van der Waals surface area (Å²) in [5, 5.41) is 8.07. The Morgan fingerprint density at radius 1 is 0.892 bits per heavy atom. The van der Waals surface area contributed by atoms with Crippen molar-refractivity contribution in [1.82, 2.24) is 20.0 Å². The summed E-state index contributed by atoms with van der Waals surface area (Å²) in [7, 11) is 0. The van der Waals surface area contributed by atoms with Gasteiger partial charge in [0.25, 0.3) is 5.91 Å². The van der Waals surface area contributed by atoms with E-state index < -0.39 is 5.54 Å². The van der Waals surface area contributed by atoms with Gasteiger partial charge in [-0.15, -0.1) is 0 Å². The van der Waals surface area contributed by atoms with E-state index in [1.165, 1.54) is 4.90 Å². The van der Waals surface area contributed by atoms with Gasteiger partial charge < -0.3 is 10.6 Å². The summed E-state index contributed by atoms with van der Waals surface area (Å²) in [5.41, 5.74) is 2.63. The predicted molar refractivity (Wildman–Crippen MR) is 144 cm³/mol. The van der Waals surface area contributed by atoms with Crippen molar-refractivity contribution in [3.8, 4) is 0 Å². The van der Waals surface area contributed by atoms with Crippen LogP contribution in [0.3, 0.4) is 0 Å². The summed E-state index contributed by atoms with van der Waals surface area (Å²) in [6.45, 7) is 8.99.